The van der Waals surface area contributed by atoms with Gasteiger partial charge in [-0.3, -0.25) is 0 Å². The van der Waals surface area contributed by atoms with Crippen LogP contribution in [0, 0.1) is 11.3 Å². The smallest absolute Gasteiger partial charge is 0.223 e. The van der Waals surface area contributed by atoms with Crippen LogP contribution in [0.15, 0.2) is 23.1 Å². The van der Waals surface area contributed by atoms with Crippen LogP contribution in [-0.4, -0.2) is 19.5 Å². The van der Waals surface area contributed by atoms with Gasteiger partial charge in [-0.2, -0.15) is 18.4 Å². The van der Waals surface area contributed by atoms with E-state index in [-0.39, 0.29) is 5.88 Å². The van der Waals surface area contributed by atoms with E-state index < -0.39 is 37.3 Å². The average Bonchev–Trinajstić information content (AvgIpc) is 2.35. The maximum absolute atomic E-state index is 12.5. The fourth-order valence-corrected chi connectivity index (χ4v) is 3.11. The van der Waals surface area contributed by atoms with Crippen LogP contribution in [0.25, 0.3) is 0 Å². The Morgan fingerprint density at radius 2 is 2.00 bits per heavy atom. The quantitative estimate of drug-likeness (QED) is 0.806. The lowest BCUT2D eigenvalue weighted by Crippen LogP contribution is -2.21. The number of hydrogen-bond acceptors (Lipinski definition) is 3. The van der Waals surface area contributed by atoms with Gasteiger partial charge in [0, 0.05) is 5.88 Å². The molecule has 0 bridgehead atoms. The molecule has 0 N–H and O–H groups in total. The zero-order chi connectivity index (χ0) is 14.8. The number of nitriles is 1. The maximum atomic E-state index is 12.5. The first-order chi connectivity index (χ1) is 8.64. The molecule has 0 saturated carbocycles. The molecule has 0 heterocycles. The molecule has 1 unspecified atom stereocenters. The van der Waals surface area contributed by atoms with Gasteiger partial charge in [-0.1, -0.05) is 0 Å². The maximum Gasteiger partial charge on any atom is 0.416 e. The molecule has 0 aliphatic heterocycles. The van der Waals surface area contributed by atoms with Crippen molar-refractivity contribution in [1.82, 2.24) is 0 Å². The van der Waals surface area contributed by atoms with Crippen molar-refractivity contribution in [3.8, 4) is 6.07 Å². The lowest BCUT2D eigenvalue weighted by atomic mass is 10.1. The van der Waals surface area contributed by atoms with Crippen LogP contribution < -0.4 is 0 Å². The molecule has 0 saturated heterocycles. The van der Waals surface area contributed by atoms with E-state index in [9.17, 15) is 21.6 Å². The predicted molar refractivity (Wildman–Crippen MR) is 63.5 cm³/mol. The molecular weight excluding hydrogens is 303 g/mol. The van der Waals surface area contributed by atoms with Crippen LogP contribution in [0.3, 0.4) is 0 Å². The van der Waals surface area contributed by atoms with Crippen molar-refractivity contribution in [2.45, 2.75) is 23.2 Å². The van der Waals surface area contributed by atoms with E-state index in [2.05, 4.69) is 0 Å². The summed E-state index contributed by atoms with van der Waals surface area (Å²) in [6.45, 7) is 1.32. The Bertz CT molecular complexity index is 620. The Balaban J connectivity index is 3.46. The third-order valence-electron chi connectivity index (χ3n) is 2.48. The summed E-state index contributed by atoms with van der Waals surface area (Å²) in [6, 6.07) is 3.42. The van der Waals surface area contributed by atoms with Crippen LogP contribution in [0.5, 0.6) is 0 Å². The molecule has 0 aromatic heterocycles. The fraction of sp³-hybridized carbons (Fsp3) is 0.364. The van der Waals surface area contributed by atoms with Gasteiger partial charge >= 0.3 is 6.18 Å². The van der Waals surface area contributed by atoms with Crippen LogP contribution in [-0.2, 0) is 16.0 Å². The minimum absolute atomic E-state index is 0.214. The zero-order valence-corrected chi connectivity index (χ0v) is 11.3. The molecule has 1 rings (SSSR count). The number of nitrogens with zero attached hydrogens (tertiary/aromatic N) is 1. The van der Waals surface area contributed by atoms with E-state index in [4.69, 9.17) is 16.9 Å². The second kappa shape index (κ2) is 5.39. The number of sulfone groups is 1. The molecule has 1 aromatic carbocycles. The first-order valence-electron chi connectivity index (χ1n) is 5.05. The predicted octanol–water partition coefficient (Wildman–Crippen LogP) is 2.98. The van der Waals surface area contributed by atoms with Crippen LogP contribution in [0.2, 0.25) is 0 Å². The van der Waals surface area contributed by atoms with E-state index in [0.29, 0.717) is 12.1 Å². The molecule has 8 heteroatoms. The van der Waals surface area contributed by atoms with Gasteiger partial charge in [-0.05, 0) is 25.1 Å². The van der Waals surface area contributed by atoms with Crippen molar-refractivity contribution in [2.75, 3.05) is 5.88 Å². The number of benzene rings is 1. The monoisotopic (exact) mass is 311 g/mol. The van der Waals surface area contributed by atoms with E-state index >= 15 is 0 Å². The summed E-state index contributed by atoms with van der Waals surface area (Å²) in [4.78, 5) is -0.434. The first kappa shape index (κ1) is 15.8. The number of halogens is 4. The summed E-state index contributed by atoms with van der Waals surface area (Å²) in [5, 5.41) is 7.82. The van der Waals surface area contributed by atoms with Crippen LogP contribution in [0.1, 0.15) is 18.1 Å². The van der Waals surface area contributed by atoms with Crippen LogP contribution in [0.4, 0.5) is 13.2 Å². The van der Waals surface area contributed by atoms with Crippen molar-refractivity contribution in [3.05, 3.63) is 29.3 Å². The highest BCUT2D eigenvalue weighted by atomic mass is 35.5. The molecule has 3 nitrogen and oxygen atoms in total. The highest BCUT2D eigenvalue weighted by Crippen LogP contribution is 2.32. The van der Waals surface area contributed by atoms with Crippen molar-refractivity contribution in [3.63, 3.8) is 0 Å². The van der Waals surface area contributed by atoms with Gasteiger partial charge in [-0.25, -0.2) is 8.42 Å². The molecule has 1 aromatic rings. The molecule has 0 radical (unpaired) electrons. The SMILES string of the molecule is CC(CCl)S(=O)(=O)c1ccc(C(F)(F)F)cc1C#N. The van der Waals surface area contributed by atoms with Crippen molar-refractivity contribution in [1.29, 1.82) is 5.26 Å². The lowest BCUT2D eigenvalue weighted by Gasteiger charge is -2.13. The third kappa shape index (κ3) is 3.19. The molecule has 0 aliphatic carbocycles. The third-order valence-corrected chi connectivity index (χ3v) is 5.32. The Hall–Kier alpha value is -1.26. The Morgan fingerprint density at radius 3 is 2.42 bits per heavy atom. The normalized spacial score (nSPS) is 13.9. The van der Waals surface area contributed by atoms with Crippen molar-refractivity contribution < 1.29 is 21.6 Å². The minimum atomic E-state index is -4.63. The largest absolute Gasteiger partial charge is 0.416 e. The van der Waals surface area contributed by atoms with Crippen molar-refractivity contribution in [2.24, 2.45) is 0 Å². The van der Waals surface area contributed by atoms with Gasteiger partial charge in [0.15, 0.2) is 9.84 Å². The van der Waals surface area contributed by atoms with E-state index in [0.717, 1.165) is 6.07 Å². The molecule has 0 amide bonds. The highest BCUT2D eigenvalue weighted by Gasteiger charge is 2.33. The Kier molecular flexibility index (Phi) is 4.48. The highest BCUT2D eigenvalue weighted by molar-refractivity contribution is 7.92. The van der Waals surface area contributed by atoms with Gasteiger partial charge < -0.3 is 0 Å². The molecule has 0 spiro atoms. The fourth-order valence-electron chi connectivity index (χ4n) is 1.34. The van der Waals surface area contributed by atoms with E-state index in [1.54, 1.807) is 0 Å². The van der Waals surface area contributed by atoms with Gasteiger partial charge in [-0.15, -0.1) is 11.6 Å². The van der Waals surface area contributed by atoms with E-state index in [1.165, 1.54) is 13.0 Å². The molecular formula is C11H9ClF3NO2S. The standard InChI is InChI=1S/C11H9ClF3NO2S/c1-7(5-12)19(17,18)10-3-2-9(11(13,14)15)4-8(10)6-16/h2-4,7H,5H2,1H3. The lowest BCUT2D eigenvalue weighted by molar-refractivity contribution is -0.137. The second-order valence-electron chi connectivity index (χ2n) is 3.83. The molecule has 19 heavy (non-hydrogen) atoms. The van der Waals surface area contributed by atoms with Gasteiger partial charge in [0.1, 0.15) is 6.07 Å². The van der Waals surface area contributed by atoms with Crippen molar-refractivity contribution >= 4 is 21.4 Å². The van der Waals surface area contributed by atoms with Crippen LogP contribution >= 0.6 is 11.6 Å². The second-order valence-corrected chi connectivity index (χ2v) is 6.47. The zero-order valence-electron chi connectivity index (χ0n) is 9.70. The summed E-state index contributed by atoms with van der Waals surface area (Å²) in [7, 11) is -3.92. The summed E-state index contributed by atoms with van der Waals surface area (Å²) >= 11 is 5.44. The summed E-state index contributed by atoms with van der Waals surface area (Å²) in [5.41, 5.74) is -1.60. The van der Waals surface area contributed by atoms with Gasteiger partial charge in [0.2, 0.25) is 0 Å². The number of alkyl halides is 4. The van der Waals surface area contributed by atoms with Gasteiger partial charge in [0.25, 0.3) is 0 Å². The summed E-state index contributed by atoms with van der Waals surface area (Å²) in [5.74, 6) is -0.214. The molecule has 0 fully saturated rings. The summed E-state index contributed by atoms with van der Waals surface area (Å²) in [6.07, 6.45) is -4.63. The minimum Gasteiger partial charge on any atom is -0.223 e. The summed E-state index contributed by atoms with van der Waals surface area (Å²) < 4.78 is 61.4. The first-order valence-corrected chi connectivity index (χ1v) is 7.14. The number of hydrogen-bond donors (Lipinski definition) is 0. The van der Waals surface area contributed by atoms with E-state index in [1.807, 2.05) is 0 Å². The molecule has 1 atom stereocenters. The Labute approximate surface area is 113 Å². The Morgan fingerprint density at radius 1 is 1.42 bits per heavy atom. The molecule has 0 aliphatic rings. The van der Waals surface area contributed by atoms with Gasteiger partial charge in [0.05, 0.1) is 21.3 Å². The number of rotatable bonds is 3. The molecule has 104 valence electrons. The topological polar surface area (TPSA) is 57.9 Å². The average molecular weight is 312 g/mol.